The Bertz CT molecular complexity index is 1070. The van der Waals surface area contributed by atoms with E-state index in [0.29, 0.717) is 21.9 Å². The van der Waals surface area contributed by atoms with Crippen molar-refractivity contribution in [1.82, 2.24) is 0 Å². The molecule has 0 amide bonds. The smallest absolute Gasteiger partial charge is 0.336 e. The highest BCUT2D eigenvalue weighted by Crippen LogP contribution is 2.33. The molecule has 4 heteroatoms. The van der Waals surface area contributed by atoms with E-state index in [1.807, 2.05) is 37.3 Å². The summed E-state index contributed by atoms with van der Waals surface area (Å²) in [6.07, 6.45) is 0. The summed E-state index contributed by atoms with van der Waals surface area (Å²) < 4.78 is 11.1. The molecule has 2 aromatic carbocycles. The molecule has 4 rings (SSSR count). The second kappa shape index (κ2) is 4.75. The van der Waals surface area contributed by atoms with Crippen molar-refractivity contribution in [3.8, 4) is 11.3 Å². The molecule has 0 aliphatic carbocycles. The summed E-state index contributed by atoms with van der Waals surface area (Å²) in [5.74, 6) is 0.640. The Morgan fingerprint density at radius 3 is 2.64 bits per heavy atom. The van der Waals surface area contributed by atoms with Crippen LogP contribution in [0.5, 0.6) is 0 Å². The molecule has 0 atom stereocenters. The fourth-order valence-corrected chi connectivity index (χ4v) is 2.80. The largest absolute Gasteiger partial charge is 0.456 e. The molecule has 108 valence electrons. The lowest BCUT2D eigenvalue weighted by molar-refractivity contribution is 0.560. The number of hydrogen-bond donors (Lipinski definition) is 0. The van der Waals surface area contributed by atoms with E-state index in [1.54, 1.807) is 12.1 Å². The number of fused-ring (bicyclic) bond motifs is 2. The van der Waals surface area contributed by atoms with Gasteiger partial charge in [0.1, 0.15) is 16.9 Å². The van der Waals surface area contributed by atoms with Crippen LogP contribution >= 0.6 is 11.6 Å². The Labute approximate surface area is 130 Å². The van der Waals surface area contributed by atoms with E-state index >= 15 is 0 Å². The second-order valence-electron chi connectivity index (χ2n) is 5.27. The predicted octanol–water partition coefficient (Wildman–Crippen LogP) is 5.17. The van der Waals surface area contributed by atoms with Crippen LogP contribution in [0.1, 0.15) is 5.56 Å². The first-order valence-corrected chi connectivity index (χ1v) is 7.22. The average molecular weight is 311 g/mol. The third-order valence-electron chi connectivity index (χ3n) is 3.64. The van der Waals surface area contributed by atoms with Gasteiger partial charge in [-0.05, 0) is 37.3 Å². The van der Waals surface area contributed by atoms with Crippen LogP contribution in [0.25, 0.3) is 33.3 Å². The molecule has 3 nitrogen and oxygen atoms in total. The zero-order chi connectivity index (χ0) is 15.3. The molecule has 0 saturated heterocycles. The number of aryl methyl sites for hydroxylation is 1. The first kappa shape index (κ1) is 13.2. The molecule has 0 saturated carbocycles. The van der Waals surface area contributed by atoms with Crippen molar-refractivity contribution in [3.63, 3.8) is 0 Å². The molecule has 2 heterocycles. The summed E-state index contributed by atoms with van der Waals surface area (Å²) in [6.45, 7) is 2.03. The van der Waals surface area contributed by atoms with E-state index in [9.17, 15) is 4.79 Å². The van der Waals surface area contributed by atoms with E-state index in [-0.39, 0.29) is 0 Å². The average Bonchev–Trinajstić information content (AvgIpc) is 2.88. The zero-order valence-corrected chi connectivity index (χ0v) is 12.5. The maximum atomic E-state index is 11.8. The lowest BCUT2D eigenvalue weighted by Gasteiger charge is -2.02. The van der Waals surface area contributed by atoms with Crippen molar-refractivity contribution in [2.75, 3.05) is 0 Å². The monoisotopic (exact) mass is 310 g/mol. The lowest BCUT2D eigenvalue weighted by Crippen LogP contribution is -1.97. The fraction of sp³-hybridized carbons (Fsp3) is 0.0556. The van der Waals surface area contributed by atoms with Gasteiger partial charge in [-0.15, -0.1) is 0 Å². The van der Waals surface area contributed by atoms with Gasteiger partial charge in [-0.25, -0.2) is 4.79 Å². The van der Waals surface area contributed by atoms with E-state index in [0.717, 1.165) is 21.9 Å². The summed E-state index contributed by atoms with van der Waals surface area (Å²) in [4.78, 5) is 11.8. The van der Waals surface area contributed by atoms with Gasteiger partial charge >= 0.3 is 5.63 Å². The Kier molecular flexibility index (Phi) is 2.84. The van der Waals surface area contributed by atoms with Crippen LogP contribution in [0.15, 0.2) is 62.2 Å². The van der Waals surface area contributed by atoms with Crippen LogP contribution < -0.4 is 5.63 Å². The highest BCUT2D eigenvalue weighted by molar-refractivity contribution is 6.31. The summed E-state index contributed by atoms with van der Waals surface area (Å²) in [7, 11) is 0. The van der Waals surface area contributed by atoms with Gasteiger partial charge in [0, 0.05) is 33.5 Å². The van der Waals surface area contributed by atoms with Crippen LogP contribution in [0.3, 0.4) is 0 Å². The highest BCUT2D eigenvalue weighted by atomic mass is 35.5. The number of benzene rings is 2. The number of rotatable bonds is 1. The fourth-order valence-electron chi connectivity index (χ4n) is 2.64. The third kappa shape index (κ3) is 2.11. The summed E-state index contributed by atoms with van der Waals surface area (Å²) >= 11 is 5.97. The summed E-state index contributed by atoms with van der Waals surface area (Å²) in [5, 5.41) is 2.32. The van der Waals surface area contributed by atoms with Gasteiger partial charge in [0.05, 0.1) is 0 Å². The molecule has 22 heavy (non-hydrogen) atoms. The van der Waals surface area contributed by atoms with Gasteiger partial charge in [0.2, 0.25) is 0 Å². The topological polar surface area (TPSA) is 43.4 Å². The van der Waals surface area contributed by atoms with E-state index < -0.39 is 5.63 Å². The van der Waals surface area contributed by atoms with Crippen molar-refractivity contribution in [3.05, 3.63) is 69.5 Å². The normalized spacial score (nSPS) is 11.4. The molecule has 0 aliphatic heterocycles. The quantitative estimate of drug-likeness (QED) is 0.456. The Balaban J connectivity index is 2.04. The van der Waals surface area contributed by atoms with Gasteiger partial charge in [-0.2, -0.15) is 0 Å². The molecule has 0 bridgehead atoms. The Morgan fingerprint density at radius 1 is 0.909 bits per heavy atom. The highest BCUT2D eigenvalue weighted by Gasteiger charge is 2.13. The van der Waals surface area contributed by atoms with Gasteiger partial charge < -0.3 is 8.83 Å². The first-order valence-electron chi connectivity index (χ1n) is 6.84. The van der Waals surface area contributed by atoms with Crippen LogP contribution in [0.4, 0.5) is 0 Å². The van der Waals surface area contributed by atoms with Crippen molar-refractivity contribution < 1.29 is 8.83 Å². The summed E-state index contributed by atoms with van der Waals surface area (Å²) in [6, 6.07) is 14.6. The van der Waals surface area contributed by atoms with Crippen molar-refractivity contribution >= 4 is 33.5 Å². The standard InChI is InChI=1S/C18H11ClO3/c1-10-2-5-15-11(6-10)7-16(21-15)14-9-18(20)22-17-8-12(19)3-4-13(14)17/h2-9H,1H3. The molecular formula is C18H11ClO3. The molecule has 0 unspecified atom stereocenters. The van der Waals surface area contributed by atoms with Crippen LogP contribution in [0.2, 0.25) is 5.02 Å². The minimum Gasteiger partial charge on any atom is -0.456 e. The molecule has 0 spiro atoms. The Morgan fingerprint density at radius 2 is 1.77 bits per heavy atom. The van der Waals surface area contributed by atoms with Gasteiger partial charge in [-0.3, -0.25) is 0 Å². The SMILES string of the molecule is Cc1ccc2oc(-c3cc(=O)oc4cc(Cl)ccc34)cc2c1. The van der Waals surface area contributed by atoms with Crippen LogP contribution in [-0.4, -0.2) is 0 Å². The zero-order valence-electron chi connectivity index (χ0n) is 11.7. The maximum absolute atomic E-state index is 11.8. The molecule has 0 aliphatic rings. The van der Waals surface area contributed by atoms with E-state index in [1.165, 1.54) is 6.07 Å². The van der Waals surface area contributed by atoms with Crippen molar-refractivity contribution in [2.45, 2.75) is 6.92 Å². The second-order valence-corrected chi connectivity index (χ2v) is 5.71. The van der Waals surface area contributed by atoms with Crippen LogP contribution in [0, 0.1) is 6.92 Å². The van der Waals surface area contributed by atoms with E-state index in [2.05, 4.69) is 0 Å². The number of halogens is 1. The molecule has 0 radical (unpaired) electrons. The molecule has 0 fully saturated rings. The van der Waals surface area contributed by atoms with Crippen molar-refractivity contribution in [1.29, 1.82) is 0 Å². The summed E-state index contributed by atoms with van der Waals surface area (Å²) in [5.41, 5.74) is 2.67. The molecule has 2 aromatic heterocycles. The Hall–Kier alpha value is -2.52. The minimum absolute atomic E-state index is 0.429. The number of furan rings is 1. The first-order chi connectivity index (χ1) is 10.6. The van der Waals surface area contributed by atoms with Gasteiger partial charge in [-0.1, -0.05) is 23.2 Å². The third-order valence-corrected chi connectivity index (χ3v) is 3.88. The number of hydrogen-bond acceptors (Lipinski definition) is 3. The van der Waals surface area contributed by atoms with Gasteiger partial charge in [0.15, 0.2) is 0 Å². The minimum atomic E-state index is -0.429. The van der Waals surface area contributed by atoms with E-state index in [4.69, 9.17) is 20.4 Å². The molecular weight excluding hydrogens is 300 g/mol. The molecule has 4 aromatic rings. The maximum Gasteiger partial charge on any atom is 0.336 e. The van der Waals surface area contributed by atoms with Gasteiger partial charge in [0.25, 0.3) is 0 Å². The van der Waals surface area contributed by atoms with Crippen LogP contribution in [-0.2, 0) is 0 Å². The molecule has 0 N–H and O–H groups in total. The lowest BCUT2D eigenvalue weighted by atomic mass is 10.1. The van der Waals surface area contributed by atoms with Crippen molar-refractivity contribution in [2.24, 2.45) is 0 Å². The predicted molar refractivity (Wildman–Crippen MR) is 87.4 cm³/mol.